The Hall–Kier alpha value is -3.42. The van der Waals surface area contributed by atoms with Crippen molar-refractivity contribution >= 4 is 23.3 Å². The molecule has 0 saturated heterocycles. The molecular weight excluding hydrogens is 374 g/mol. The van der Waals surface area contributed by atoms with Crippen LogP contribution in [0.5, 0.6) is 0 Å². The van der Waals surface area contributed by atoms with E-state index in [1.807, 2.05) is 12.1 Å². The lowest BCUT2D eigenvalue weighted by atomic mass is 9.90. The maximum absolute atomic E-state index is 12.2. The predicted molar refractivity (Wildman–Crippen MR) is 108 cm³/mol. The Kier molecular flexibility index (Phi) is 6.78. The number of non-ortho nitro benzene ring substituents is 1. The van der Waals surface area contributed by atoms with Gasteiger partial charge in [0.1, 0.15) is 0 Å². The predicted octanol–water partition coefficient (Wildman–Crippen LogP) is 2.86. The summed E-state index contributed by atoms with van der Waals surface area (Å²) in [4.78, 5) is 34.2. The van der Waals surface area contributed by atoms with Gasteiger partial charge in [0.25, 0.3) is 11.6 Å². The lowest BCUT2D eigenvalue weighted by Crippen LogP contribution is -2.32. The molecule has 0 fully saturated rings. The number of nitrogens with one attached hydrogen (secondary N) is 2. The summed E-state index contributed by atoms with van der Waals surface area (Å²) in [5.41, 5.74) is 3.67. The number of hydrogen-bond acceptors (Lipinski definition) is 6. The minimum atomic E-state index is -0.502. The van der Waals surface area contributed by atoms with E-state index in [2.05, 4.69) is 10.6 Å². The van der Waals surface area contributed by atoms with E-state index in [4.69, 9.17) is 4.74 Å². The van der Waals surface area contributed by atoms with E-state index < -0.39 is 10.9 Å². The summed E-state index contributed by atoms with van der Waals surface area (Å²) < 4.78 is 5.10. The number of benzene rings is 2. The molecule has 0 aliphatic heterocycles. The number of carbonyl (C=O) groups is 2. The number of hydrogen-bond donors (Lipinski definition) is 2. The topological polar surface area (TPSA) is 111 Å². The molecule has 0 saturated carbocycles. The van der Waals surface area contributed by atoms with Gasteiger partial charge in [0, 0.05) is 30.9 Å². The Morgan fingerprint density at radius 2 is 1.72 bits per heavy atom. The highest BCUT2D eigenvalue weighted by Gasteiger charge is 2.14. The minimum Gasteiger partial charge on any atom is -0.452 e. The van der Waals surface area contributed by atoms with Crippen LogP contribution in [0.15, 0.2) is 42.5 Å². The molecule has 0 unspecified atom stereocenters. The molecule has 3 rings (SSSR count). The van der Waals surface area contributed by atoms with E-state index in [1.54, 1.807) is 18.2 Å². The Morgan fingerprint density at radius 1 is 1.00 bits per heavy atom. The van der Waals surface area contributed by atoms with Crippen LogP contribution in [-0.2, 0) is 22.4 Å². The van der Waals surface area contributed by atoms with Crippen molar-refractivity contribution in [3.05, 3.63) is 69.3 Å². The molecular formula is C21H23N3O5. The average Bonchev–Trinajstić information content (AvgIpc) is 2.75. The second-order valence-electron chi connectivity index (χ2n) is 6.85. The van der Waals surface area contributed by atoms with Crippen molar-refractivity contribution in [3.8, 4) is 0 Å². The quantitative estimate of drug-likeness (QED) is 0.307. The van der Waals surface area contributed by atoms with Gasteiger partial charge in [-0.2, -0.15) is 0 Å². The second kappa shape index (κ2) is 9.68. The normalized spacial score (nSPS) is 12.6. The first kappa shape index (κ1) is 20.3. The fourth-order valence-corrected chi connectivity index (χ4v) is 3.24. The van der Waals surface area contributed by atoms with Gasteiger partial charge in [-0.1, -0.05) is 6.07 Å². The third kappa shape index (κ3) is 5.78. The Morgan fingerprint density at radius 3 is 2.45 bits per heavy atom. The van der Waals surface area contributed by atoms with Crippen LogP contribution < -0.4 is 10.6 Å². The second-order valence-corrected chi connectivity index (χ2v) is 6.85. The smallest absolute Gasteiger partial charge is 0.338 e. The van der Waals surface area contributed by atoms with Crippen molar-refractivity contribution in [2.45, 2.75) is 25.7 Å². The zero-order valence-electron chi connectivity index (χ0n) is 16.0. The fourth-order valence-electron chi connectivity index (χ4n) is 3.24. The number of nitro benzene ring substituents is 1. The number of anilines is 1. The van der Waals surface area contributed by atoms with E-state index >= 15 is 0 Å². The van der Waals surface area contributed by atoms with Gasteiger partial charge in [0.2, 0.25) is 0 Å². The van der Waals surface area contributed by atoms with E-state index in [1.165, 1.54) is 29.7 Å². The van der Waals surface area contributed by atoms with Gasteiger partial charge in [0.15, 0.2) is 6.61 Å². The van der Waals surface area contributed by atoms with Crippen LogP contribution in [0, 0.1) is 10.1 Å². The summed E-state index contributed by atoms with van der Waals surface area (Å²) in [5, 5.41) is 16.3. The molecule has 0 spiro atoms. The number of carbonyl (C=O) groups excluding carboxylic acids is 2. The van der Waals surface area contributed by atoms with Crippen molar-refractivity contribution in [1.82, 2.24) is 5.32 Å². The molecule has 8 nitrogen and oxygen atoms in total. The lowest BCUT2D eigenvalue weighted by Gasteiger charge is -2.16. The third-order valence-corrected chi connectivity index (χ3v) is 4.77. The Balaban J connectivity index is 1.36. The summed E-state index contributed by atoms with van der Waals surface area (Å²) in [7, 11) is 0. The summed E-state index contributed by atoms with van der Waals surface area (Å²) in [6.45, 7) is 0.419. The molecule has 0 radical (unpaired) electrons. The summed E-state index contributed by atoms with van der Waals surface area (Å²) in [5.74, 6) is -0.890. The Bertz CT molecular complexity index is 896. The first-order valence-corrected chi connectivity index (χ1v) is 9.57. The highest BCUT2D eigenvalue weighted by Crippen LogP contribution is 2.22. The van der Waals surface area contributed by atoms with Crippen LogP contribution in [0.2, 0.25) is 0 Å². The maximum atomic E-state index is 12.2. The number of amides is 1. The van der Waals surface area contributed by atoms with Crippen LogP contribution in [0.25, 0.3) is 0 Å². The van der Waals surface area contributed by atoms with Crippen LogP contribution >= 0.6 is 0 Å². The number of aryl methyl sites for hydroxylation is 2. The molecule has 1 aliphatic rings. The number of rotatable bonds is 8. The van der Waals surface area contributed by atoms with Gasteiger partial charge in [-0.3, -0.25) is 14.9 Å². The molecule has 8 heteroatoms. The van der Waals surface area contributed by atoms with Crippen molar-refractivity contribution in [2.24, 2.45) is 0 Å². The number of nitrogens with zero attached hydrogens (tertiary/aromatic N) is 1. The number of ether oxygens (including phenoxy) is 1. The lowest BCUT2D eigenvalue weighted by molar-refractivity contribution is -0.384. The maximum Gasteiger partial charge on any atom is 0.338 e. The van der Waals surface area contributed by atoms with Crippen LogP contribution in [0.4, 0.5) is 11.4 Å². The molecule has 0 atom stereocenters. The standard InChI is InChI=1S/C21H23N3O5/c25-20(23-12-11-22-18-7-9-19(10-8-18)24(27)28)14-29-21(26)17-6-5-15-3-1-2-4-16(15)13-17/h5-10,13,22H,1-4,11-12,14H2,(H,23,25). The van der Waals surface area contributed by atoms with E-state index in [-0.39, 0.29) is 18.2 Å². The minimum absolute atomic E-state index is 0.0181. The zero-order chi connectivity index (χ0) is 20.6. The first-order valence-electron chi connectivity index (χ1n) is 9.57. The average molecular weight is 397 g/mol. The molecule has 2 aromatic rings. The SMILES string of the molecule is O=C(COC(=O)c1ccc2c(c1)CCCC2)NCCNc1ccc([N+](=O)[O-])cc1. The molecule has 0 bridgehead atoms. The van der Waals surface area contributed by atoms with Crippen molar-refractivity contribution in [3.63, 3.8) is 0 Å². The van der Waals surface area contributed by atoms with E-state index in [0.29, 0.717) is 24.3 Å². The van der Waals surface area contributed by atoms with Crippen molar-refractivity contribution < 1.29 is 19.2 Å². The molecule has 1 amide bonds. The largest absolute Gasteiger partial charge is 0.452 e. The zero-order valence-corrected chi connectivity index (χ0v) is 16.0. The van der Waals surface area contributed by atoms with Gasteiger partial charge in [-0.25, -0.2) is 4.79 Å². The highest BCUT2D eigenvalue weighted by molar-refractivity contribution is 5.91. The molecule has 29 heavy (non-hydrogen) atoms. The van der Waals surface area contributed by atoms with Gasteiger partial charge in [-0.05, 0) is 61.1 Å². The van der Waals surface area contributed by atoms with Gasteiger partial charge in [-0.15, -0.1) is 0 Å². The molecule has 2 aromatic carbocycles. The third-order valence-electron chi connectivity index (χ3n) is 4.77. The molecule has 0 heterocycles. The van der Waals surface area contributed by atoms with Crippen molar-refractivity contribution in [1.29, 1.82) is 0 Å². The monoisotopic (exact) mass is 397 g/mol. The van der Waals surface area contributed by atoms with E-state index in [9.17, 15) is 19.7 Å². The number of fused-ring (bicyclic) bond motifs is 1. The van der Waals surface area contributed by atoms with Gasteiger partial charge < -0.3 is 15.4 Å². The summed E-state index contributed by atoms with van der Waals surface area (Å²) in [6.07, 6.45) is 4.32. The number of esters is 1. The molecule has 1 aliphatic carbocycles. The Labute approximate surface area is 168 Å². The van der Waals surface area contributed by atoms with Gasteiger partial charge >= 0.3 is 5.97 Å². The van der Waals surface area contributed by atoms with Crippen molar-refractivity contribution in [2.75, 3.05) is 25.0 Å². The molecule has 152 valence electrons. The first-order chi connectivity index (χ1) is 14.0. The van der Waals surface area contributed by atoms with E-state index in [0.717, 1.165) is 19.3 Å². The highest BCUT2D eigenvalue weighted by atomic mass is 16.6. The van der Waals surface area contributed by atoms with Crippen LogP contribution in [0.3, 0.4) is 0 Å². The fraction of sp³-hybridized carbons (Fsp3) is 0.333. The summed E-state index contributed by atoms with van der Waals surface area (Å²) in [6, 6.07) is 11.6. The molecule has 2 N–H and O–H groups in total. The van der Waals surface area contributed by atoms with Crippen LogP contribution in [-0.4, -0.2) is 36.5 Å². The van der Waals surface area contributed by atoms with Crippen LogP contribution in [0.1, 0.15) is 34.3 Å². The molecule has 0 aromatic heterocycles. The number of nitro groups is 1. The van der Waals surface area contributed by atoms with Gasteiger partial charge in [0.05, 0.1) is 10.5 Å². The summed E-state index contributed by atoms with van der Waals surface area (Å²) >= 11 is 0.